The Morgan fingerprint density at radius 3 is 2.58 bits per heavy atom. The van der Waals surface area contributed by atoms with Crippen LogP contribution in [0.5, 0.6) is 0 Å². The molecule has 0 radical (unpaired) electrons. The van der Waals surface area contributed by atoms with Gasteiger partial charge in [-0.15, -0.1) is 0 Å². The first-order valence-electron chi connectivity index (χ1n) is 10.00. The molecule has 0 bridgehead atoms. The van der Waals surface area contributed by atoms with Crippen LogP contribution in [0.1, 0.15) is 22.3 Å². The summed E-state index contributed by atoms with van der Waals surface area (Å²) in [6, 6.07) is 16.9. The third kappa shape index (κ3) is 4.70. The molecule has 33 heavy (non-hydrogen) atoms. The van der Waals surface area contributed by atoms with Gasteiger partial charge in [0.15, 0.2) is 12.4 Å². The molecule has 1 N–H and O–H groups in total. The van der Waals surface area contributed by atoms with Crippen molar-refractivity contribution in [2.24, 2.45) is 0 Å². The summed E-state index contributed by atoms with van der Waals surface area (Å²) in [7, 11) is -3.39. The maximum atomic E-state index is 12.5. The van der Waals surface area contributed by atoms with Crippen molar-refractivity contribution in [2.45, 2.75) is 6.42 Å². The average Bonchev–Trinajstić information content (AvgIpc) is 3.40. The summed E-state index contributed by atoms with van der Waals surface area (Å²) < 4.78 is 32.0. The van der Waals surface area contributed by atoms with Gasteiger partial charge in [0.2, 0.25) is 10.0 Å². The Morgan fingerprint density at radius 2 is 1.88 bits per heavy atom. The number of aromatic nitrogens is 2. The lowest BCUT2D eigenvalue weighted by Gasteiger charge is -2.17. The molecule has 1 aliphatic rings. The number of carbonyl (C=O) groups excluding carboxylic acids is 2. The van der Waals surface area contributed by atoms with Crippen LogP contribution in [0.4, 0.5) is 11.5 Å². The van der Waals surface area contributed by atoms with Crippen LogP contribution in [0.15, 0.2) is 60.8 Å². The summed E-state index contributed by atoms with van der Waals surface area (Å²) in [6.45, 7) is -0.254. The number of benzene rings is 2. The van der Waals surface area contributed by atoms with Gasteiger partial charge in [-0.2, -0.15) is 10.4 Å². The topological polar surface area (TPSA) is 134 Å². The molecule has 4 rings (SSSR count). The molecular formula is C22H19N5O5S. The van der Waals surface area contributed by atoms with E-state index in [1.54, 1.807) is 36.4 Å². The summed E-state index contributed by atoms with van der Waals surface area (Å²) in [5.74, 6) is -1.21. The van der Waals surface area contributed by atoms with Crippen molar-refractivity contribution < 1.29 is 22.7 Å². The van der Waals surface area contributed by atoms with E-state index in [9.17, 15) is 23.3 Å². The van der Waals surface area contributed by atoms with Gasteiger partial charge in [0.05, 0.1) is 28.9 Å². The first-order chi connectivity index (χ1) is 15.9. The number of ether oxygens (including phenoxy) is 1. The smallest absolute Gasteiger partial charge is 0.338 e. The van der Waals surface area contributed by atoms with Crippen molar-refractivity contribution >= 4 is 33.4 Å². The normalized spacial score (nSPS) is 14.5. The van der Waals surface area contributed by atoms with Crippen LogP contribution in [0.25, 0.3) is 5.69 Å². The van der Waals surface area contributed by atoms with Crippen LogP contribution in [0.2, 0.25) is 0 Å². The Kier molecular flexibility index (Phi) is 6.10. The Labute approximate surface area is 190 Å². The zero-order valence-electron chi connectivity index (χ0n) is 17.3. The van der Waals surface area contributed by atoms with E-state index >= 15 is 0 Å². The lowest BCUT2D eigenvalue weighted by molar-refractivity contribution is -0.119. The molecule has 2 heterocycles. The number of nitrogens with one attached hydrogen (secondary N) is 1. The second-order valence-electron chi connectivity index (χ2n) is 7.18. The lowest BCUT2D eigenvalue weighted by atomic mass is 10.2. The molecule has 2 aromatic carbocycles. The van der Waals surface area contributed by atoms with E-state index in [-0.39, 0.29) is 22.7 Å². The van der Waals surface area contributed by atoms with E-state index < -0.39 is 28.5 Å². The van der Waals surface area contributed by atoms with Gasteiger partial charge in [-0.1, -0.05) is 24.3 Å². The number of hydrogen-bond donors (Lipinski definition) is 1. The average molecular weight is 465 g/mol. The van der Waals surface area contributed by atoms with Gasteiger partial charge in [0.25, 0.3) is 5.91 Å². The molecule has 1 amide bonds. The predicted octanol–water partition coefficient (Wildman–Crippen LogP) is 2.08. The standard InChI is InChI=1S/C22H19N5O5S/c23-13-17-14-24-27(18-7-2-1-3-8-18)21(17)25-20(28)15-32-22(29)16-6-4-9-19(12-16)26-10-5-11-33(26,30)31/h1-4,6-9,12,14H,5,10-11,15H2,(H,25,28). The van der Waals surface area contributed by atoms with Crippen LogP contribution in [0.3, 0.4) is 0 Å². The van der Waals surface area contributed by atoms with E-state index in [2.05, 4.69) is 10.4 Å². The number of hydrogen-bond acceptors (Lipinski definition) is 7. The predicted molar refractivity (Wildman–Crippen MR) is 119 cm³/mol. The van der Waals surface area contributed by atoms with Crippen molar-refractivity contribution in [3.63, 3.8) is 0 Å². The van der Waals surface area contributed by atoms with Crippen molar-refractivity contribution in [1.29, 1.82) is 5.26 Å². The van der Waals surface area contributed by atoms with Crippen molar-refractivity contribution in [2.75, 3.05) is 28.5 Å². The largest absolute Gasteiger partial charge is 0.452 e. The number of carbonyl (C=O) groups is 2. The number of amides is 1. The minimum Gasteiger partial charge on any atom is -0.452 e. The molecule has 0 spiro atoms. The van der Waals surface area contributed by atoms with Crippen LogP contribution >= 0.6 is 0 Å². The zero-order chi connectivity index (χ0) is 23.4. The highest BCUT2D eigenvalue weighted by atomic mass is 32.2. The van der Waals surface area contributed by atoms with Gasteiger partial charge in [0, 0.05) is 6.54 Å². The molecule has 1 saturated heterocycles. The van der Waals surface area contributed by atoms with Crippen molar-refractivity contribution in [3.05, 3.63) is 71.9 Å². The molecule has 0 aliphatic carbocycles. The number of anilines is 2. The van der Waals surface area contributed by atoms with Gasteiger partial charge in [-0.25, -0.2) is 17.9 Å². The molecule has 1 aromatic heterocycles. The number of para-hydroxylation sites is 1. The number of esters is 1. The number of rotatable bonds is 6. The summed E-state index contributed by atoms with van der Waals surface area (Å²) in [4.78, 5) is 24.9. The molecule has 0 saturated carbocycles. The SMILES string of the molecule is N#Cc1cnn(-c2ccccc2)c1NC(=O)COC(=O)c1cccc(N2CCCS2(=O)=O)c1. The maximum Gasteiger partial charge on any atom is 0.338 e. The van der Waals surface area contributed by atoms with E-state index in [4.69, 9.17) is 4.74 Å². The molecule has 10 nitrogen and oxygen atoms in total. The van der Waals surface area contributed by atoms with Gasteiger partial charge >= 0.3 is 5.97 Å². The fraction of sp³-hybridized carbons (Fsp3) is 0.182. The molecule has 168 valence electrons. The number of nitriles is 1. The fourth-order valence-corrected chi connectivity index (χ4v) is 4.97. The van der Waals surface area contributed by atoms with Gasteiger partial charge in [-0.05, 0) is 36.8 Å². The van der Waals surface area contributed by atoms with Crippen LogP contribution < -0.4 is 9.62 Å². The first-order valence-corrected chi connectivity index (χ1v) is 11.6. The van der Waals surface area contributed by atoms with Crippen molar-refractivity contribution in [3.8, 4) is 11.8 Å². The monoisotopic (exact) mass is 465 g/mol. The fourth-order valence-electron chi connectivity index (χ4n) is 3.42. The third-order valence-electron chi connectivity index (χ3n) is 4.95. The van der Waals surface area contributed by atoms with E-state index in [0.717, 1.165) is 0 Å². The van der Waals surface area contributed by atoms with E-state index in [1.165, 1.54) is 27.3 Å². The Bertz CT molecular complexity index is 1340. The molecule has 0 atom stereocenters. The minimum atomic E-state index is -3.39. The second kappa shape index (κ2) is 9.13. The molecule has 1 aliphatic heterocycles. The van der Waals surface area contributed by atoms with E-state index in [1.807, 2.05) is 12.1 Å². The van der Waals surface area contributed by atoms with Crippen molar-refractivity contribution in [1.82, 2.24) is 9.78 Å². The molecule has 0 unspecified atom stereocenters. The first kappa shape index (κ1) is 22.0. The molecule has 3 aromatic rings. The number of nitrogens with zero attached hydrogens (tertiary/aromatic N) is 4. The molecule has 11 heteroatoms. The van der Waals surface area contributed by atoms with Gasteiger partial charge < -0.3 is 10.1 Å². The summed E-state index contributed by atoms with van der Waals surface area (Å²) >= 11 is 0. The summed E-state index contributed by atoms with van der Waals surface area (Å²) in [5.41, 5.74) is 1.28. The highest BCUT2D eigenvalue weighted by molar-refractivity contribution is 7.93. The number of sulfonamides is 1. The Hall–Kier alpha value is -4.17. The Morgan fingerprint density at radius 1 is 1.12 bits per heavy atom. The van der Waals surface area contributed by atoms with Gasteiger partial charge in [0.1, 0.15) is 11.6 Å². The lowest BCUT2D eigenvalue weighted by Crippen LogP contribution is -2.25. The quantitative estimate of drug-likeness (QED) is 0.551. The van der Waals surface area contributed by atoms with Crippen LogP contribution in [-0.2, 0) is 19.6 Å². The second-order valence-corrected chi connectivity index (χ2v) is 9.20. The van der Waals surface area contributed by atoms with Gasteiger partial charge in [-0.3, -0.25) is 9.10 Å². The van der Waals surface area contributed by atoms with Crippen LogP contribution in [0, 0.1) is 11.3 Å². The molecular weight excluding hydrogens is 446 g/mol. The third-order valence-corrected chi connectivity index (χ3v) is 6.82. The molecule has 1 fully saturated rings. The highest BCUT2D eigenvalue weighted by Gasteiger charge is 2.29. The maximum absolute atomic E-state index is 12.5. The zero-order valence-corrected chi connectivity index (χ0v) is 18.2. The highest BCUT2D eigenvalue weighted by Crippen LogP contribution is 2.25. The minimum absolute atomic E-state index is 0.0616. The van der Waals surface area contributed by atoms with E-state index in [0.29, 0.717) is 24.3 Å². The summed E-state index contributed by atoms with van der Waals surface area (Å²) in [5, 5.41) is 16.0. The van der Waals surface area contributed by atoms with Crippen LogP contribution in [-0.4, -0.2) is 49.0 Å². The summed E-state index contributed by atoms with van der Waals surface area (Å²) in [6.07, 6.45) is 1.84. The Balaban J connectivity index is 1.43.